The van der Waals surface area contributed by atoms with E-state index in [4.69, 9.17) is 14.2 Å². The Balaban J connectivity index is 1.68. The summed E-state index contributed by atoms with van der Waals surface area (Å²) in [6.07, 6.45) is 1.25. The van der Waals surface area contributed by atoms with E-state index in [9.17, 15) is 13.2 Å². The Bertz CT molecular complexity index is 985. The molecule has 1 heterocycles. The molecule has 1 saturated heterocycles. The van der Waals surface area contributed by atoms with Crippen molar-refractivity contribution >= 4 is 15.9 Å². The number of nitrogens with zero attached hydrogens (tertiary/aromatic N) is 1. The second kappa shape index (κ2) is 10.0. The van der Waals surface area contributed by atoms with E-state index in [1.807, 2.05) is 6.07 Å². The lowest BCUT2D eigenvalue weighted by Gasteiger charge is -2.31. The molecule has 0 spiro atoms. The summed E-state index contributed by atoms with van der Waals surface area (Å²) in [6, 6.07) is 11.7. The molecule has 1 N–H and O–H groups in total. The van der Waals surface area contributed by atoms with Crippen molar-refractivity contribution in [2.45, 2.75) is 24.3 Å². The van der Waals surface area contributed by atoms with E-state index >= 15 is 0 Å². The van der Waals surface area contributed by atoms with Crippen molar-refractivity contribution in [1.29, 1.82) is 0 Å². The van der Waals surface area contributed by atoms with E-state index in [1.165, 1.54) is 23.5 Å². The van der Waals surface area contributed by atoms with E-state index in [0.717, 1.165) is 5.56 Å². The fraction of sp³-hybridized carbons (Fsp3) is 0.409. The summed E-state index contributed by atoms with van der Waals surface area (Å²) in [7, 11) is 0.959. The van der Waals surface area contributed by atoms with Gasteiger partial charge in [-0.25, -0.2) is 8.42 Å². The maximum atomic E-state index is 13.0. The van der Waals surface area contributed by atoms with E-state index in [2.05, 4.69) is 5.32 Å². The van der Waals surface area contributed by atoms with Crippen molar-refractivity contribution in [2.75, 3.05) is 34.4 Å². The molecule has 0 radical (unpaired) electrons. The molecular weight excluding hydrogens is 420 g/mol. The fourth-order valence-electron chi connectivity index (χ4n) is 3.69. The van der Waals surface area contributed by atoms with Gasteiger partial charge in [0, 0.05) is 13.1 Å². The average Bonchev–Trinajstić information content (AvgIpc) is 2.82. The van der Waals surface area contributed by atoms with Crippen LogP contribution in [0, 0.1) is 5.92 Å². The highest BCUT2D eigenvalue weighted by atomic mass is 32.2. The topological polar surface area (TPSA) is 94.2 Å². The van der Waals surface area contributed by atoms with Crippen LogP contribution in [0.5, 0.6) is 17.2 Å². The number of nitrogens with one attached hydrogen (secondary N) is 1. The van der Waals surface area contributed by atoms with Gasteiger partial charge in [0.1, 0.15) is 17.2 Å². The summed E-state index contributed by atoms with van der Waals surface area (Å²) in [4.78, 5) is 13.0. The van der Waals surface area contributed by atoms with Gasteiger partial charge in [0.25, 0.3) is 0 Å². The summed E-state index contributed by atoms with van der Waals surface area (Å²) >= 11 is 0. The second-order valence-corrected chi connectivity index (χ2v) is 9.17. The van der Waals surface area contributed by atoms with Crippen molar-refractivity contribution in [3.63, 3.8) is 0 Å². The van der Waals surface area contributed by atoms with Crippen LogP contribution in [-0.2, 0) is 21.4 Å². The summed E-state index contributed by atoms with van der Waals surface area (Å²) < 4.78 is 43.2. The number of hydrogen-bond acceptors (Lipinski definition) is 6. The van der Waals surface area contributed by atoms with Gasteiger partial charge in [-0.15, -0.1) is 0 Å². The standard InChI is InChI=1S/C22H28N2O6S/c1-28-17-9-11-18(12-10-17)31(26,27)24-13-5-6-16(15-24)22(25)23-14-19-20(29-2)7-4-8-21(19)30-3/h4,7-12,16H,5-6,13-15H2,1-3H3,(H,23,25)/t16-/m1/s1. The Morgan fingerprint density at radius 1 is 1.03 bits per heavy atom. The Morgan fingerprint density at radius 2 is 1.68 bits per heavy atom. The van der Waals surface area contributed by atoms with Crippen LogP contribution in [0.3, 0.4) is 0 Å². The number of sulfonamides is 1. The molecule has 2 aromatic rings. The quantitative estimate of drug-likeness (QED) is 0.667. The lowest BCUT2D eigenvalue weighted by Crippen LogP contribution is -2.45. The minimum absolute atomic E-state index is 0.142. The third kappa shape index (κ3) is 5.11. The highest BCUT2D eigenvalue weighted by Gasteiger charge is 2.33. The lowest BCUT2D eigenvalue weighted by molar-refractivity contribution is -0.126. The van der Waals surface area contributed by atoms with Gasteiger partial charge in [-0.05, 0) is 49.2 Å². The molecule has 1 aliphatic rings. The highest BCUT2D eigenvalue weighted by molar-refractivity contribution is 7.89. The SMILES string of the molecule is COc1ccc(S(=O)(=O)N2CCC[C@@H](C(=O)NCc3c(OC)cccc3OC)C2)cc1. The maximum Gasteiger partial charge on any atom is 0.243 e. The molecule has 1 aliphatic heterocycles. The van der Waals surface area contributed by atoms with Gasteiger partial charge in [0.05, 0.1) is 44.3 Å². The molecule has 1 amide bonds. The first-order chi connectivity index (χ1) is 14.9. The molecule has 8 nitrogen and oxygen atoms in total. The van der Waals surface area contributed by atoms with Crippen LogP contribution in [0.4, 0.5) is 0 Å². The molecule has 3 rings (SSSR count). The zero-order valence-corrected chi connectivity index (χ0v) is 18.8. The average molecular weight is 449 g/mol. The van der Waals surface area contributed by atoms with Gasteiger partial charge in [-0.1, -0.05) is 6.07 Å². The summed E-state index contributed by atoms with van der Waals surface area (Å²) in [5.74, 6) is 1.20. The molecule has 2 aromatic carbocycles. The molecule has 0 bridgehead atoms. The molecule has 168 valence electrons. The molecule has 0 aliphatic carbocycles. The van der Waals surface area contributed by atoms with Crippen LogP contribution >= 0.6 is 0 Å². The zero-order chi connectivity index (χ0) is 22.4. The van der Waals surface area contributed by atoms with E-state index in [0.29, 0.717) is 36.6 Å². The summed E-state index contributed by atoms with van der Waals surface area (Å²) in [5, 5.41) is 2.91. The number of ether oxygens (including phenoxy) is 3. The molecular formula is C22H28N2O6S. The molecule has 1 fully saturated rings. The predicted octanol–water partition coefficient (Wildman–Crippen LogP) is 2.43. The number of rotatable bonds is 8. The molecule has 0 aromatic heterocycles. The molecule has 9 heteroatoms. The van der Waals surface area contributed by atoms with E-state index in [-0.39, 0.29) is 23.9 Å². The van der Waals surface area contributed by atoms with Crippen molar-refractivity contribution in [3.05, 3.63) is 48.0 Å². The van der Waals surface area contributed by atoms with Gasteiger partial charge >= 0.3 is 0 Å². The normalized spacial score (nSPS) is 17.1. The first kappa shape index (κ1) is 22.9. The van der Waals surface area contributed by atoms with Gasteiger partial charge in [-0.2, -0.15) is 4.31 Å². The Labute approximate surface area is 183 Å². The monoisotopic (exact) mass is 448 g/mol. The molecule has 1 atom stereocenters. The largest absolute Gasteiger partial charge is 0.497 e. The number of carbonyl (C=O) groups is 1. The van der Waals surface area contributed by atoms with Crippen LogP contribution in [-0.4, -0.2) is 53.0 Å². The van der Waals surface area contributed by atoms with Crippen LogP contribution in [0.15, 0.2) is 47.4 Å². The number of amides is 1. The van der Waals surface area contributed by atoms with Gasteiger partial charge in [0.2, 0.25) is 15.9 Å². The lowest BCUT2D eigenvalue weighted by atomic mass is 9.98. The Kier molecular flexibility index (Phi) is 7.40. The maximum absolute atomic E-state index is 13.0. The minimum Gasteiger partial charge on any atom is -0.497 e. The van der Waals surface area contributed by atoms with Gasteiger partial charge in [-0.3, -0.25) is 4.79 Å². The molecule has 31 heavy (non-hydrogen) atoms. The predicted molar refractivity (Wildman–Crippen MR) is 116 cm³/mol. The van der Waals surface area contributed by atoms with Crippen molar-refractivity contribution in [2.24, 2.45) is 5.92 Å². The van der Waals surface area contributed by atoms with Crippen LogP contribution in [0.2, 0.25) is 0 Å². The number of methoxy groups -OCH3 is 3. The highest BCUT2D eigenvalue weighted by Crippen LogP contribution is 2.29. The second-order valence-electron chi connectivity index (χ2n) is 7.24. The van der Waals surface area contributed by atoms with Crippen LogP contribution < -0.4 is 19.5 Å². The minimum atomic E-state index is -3.68. The van der Waals surface area contributed by atoms with Crippen molar-refractivity contribution in [1.82, 2.24) is 9.62 Å². The first-order valence-electron chi connectivity index (χ1n) is 10.0. The number of carbonyl (C=O) groups excluding carboxylic acids is 1. The van der Waals surface area contributed by atoms with Crippen molar-refractivity contribution in [3.8, 4) is 17.2 Å². The van der Waals surface area contributed by atoms with E-state index in [1.54, 1.807) is 38.5 Å². The zero-order valence-electron chi connectivity index (χ0n) is 18.0. The van der Waals surface area contributed by atoms with E-state index < -0.39 is 15.9 Å². The van der Waals surface area contributed by atoms with Crippen LogP contribution in [0.25, 0.3) is 0 Å². The first-order valence-corrected chi connectivity index (χ1v) is 11.5. The Hall–Kier alpha value is -2.78. The van der Waals surface area contributed by atoms with Crippen molar-refractivity contribution < 1.29 is 27.4 Å². The van der Waals surface area contributed by atoms with Gasteiger partial charge in [0.15, 0.2) is 0 Å². The number of piperidine rings is 1. The summed E-state index contributed by atoms with van der Waals surface area (Å²) in [5.41, 5.74) is 0.736. The number of hydrogen-bond donors (Lipinski definition) is 1. The smallest absolute Gasteiger partial charge is 0.243 e. The third-order valence-corrected chi connectivity index (χ3v) is 7.30. The molecule has 0 unspecified atom stereocenters. The molecule has 0 saturated carbocycles. The summed E-state index contributed by atoms with van der Waals surface area (Å²) in [6.45, 7) is 0.759. The van der Waals surface area contributed by atoms with Gasteiger partial charge < -0.3 is 19.5 Å². The fourth-order valence-corrected chi connectivity index (χ4v) is 5.22. The number of benzene rings is 2. The third-order valence-electron chi connectivity index (χ3n) is 5.42. The Morgan fingerprint density at radius 3 is 2.26 bits per heavy atom. The van der Waals surface area contributed by atoms with Crippen LogP contribution in [0.1, 0.15) is 18.4 Å².